The minimum atomic E-state index is -0.767. The summed E-state index contributed by atoms with van der Waals surface area (Å²) in [5.74, 6) is 0.245. The minimum Gasteiger partial charge on any atom is -0.493 e. The molecule has 0 N–H and O–H groups in total. The number of carbonyl (C=O) groups is 1. The molecule has 0 unspecified atom stereocenters. The summed E-state index contributed by atoms with van der Waals surface area (Å²) < 4.78 is 16.3. The fourth-order valence-corrected chi connectivity index (χ4v) is 2.73. The quantitative estimate of drug-likeness (QED) is 0.406. The van der Waals surface area contributed by atoms with E-state index in [0.717, 1.165) is 0 Å². The van der Waals surface area contributed by atoms with Crippen LogP contribution in [-0.4, -0.2) is 25.1 Å². The van der Waals surface area contributed by atoms with Crippen LogP contribution in [0, 0.1) is 17.0 Å². The van der Waals surface area contributed by atoms with Crippen molar-refractivity contribution in [1.82, 2.24) is 0 Å². The second-order valence-corrected chi connectivity index (χ2v) is 5.96. The van der Waals surface area contributed by atoms with Crippen molar-refractivity contribution in [2.75, 3.05) is 14.2 Å². The Morgan fingerprint density at radius 3 is 2.44 bits per heavy atom. The molecule has 7 nitrogen and oxygen atoms in total. The Labute approximate surface area is 152 Å². The van der Waals surface area contributed by atoms with Crippen LogP contribution >= 0.6 is 15.9 Å². The molecule has 2 rings (SSSR count). The highest BCUT2D eigenvalue weighted by Gasteiger charge is 2.24. The lowest BCUT2D eigenvalue weighted by atomic mass is 10.1. The standard InChI is InChI=1S/C17H16BrNO6/c1-10-5-4-6-12(16(10)19(21)22)17(20)25-9-11-7-14(23-2)15(24-3)8-13(11)18/h4-8H,9H2,1-3H3. The average Bonchev–Trinajstić information content (AvgIpc) is 2.59. The van der Waals surface area contributed by atoms with Crippen molar-refractivity contribution in [3.8, 4) is 11.5 Å². The molecule has 0 atom stereocenters. The van der Waals surface area contributed by atoms with Crippen LogP contribution in [0.5, 0.6) is 11.5 Å². The number of methoxy groups -OCH3 is 2. The average molecular weight is 410 g/mol. The molecule has 0 fully saturated rings. The minimum absolute atomic E-state index is 0.0785. The Morgan fingerprint density at radius 1 is 1.20 bits per heavy atom. The van der Waals surface area contributed by atoms with E-state index in [4.69, 9.17) is 14.2 Å². The van der Waals surface area contributed by atoms with Crippen LogP contribution in [0.25, 0.3) is 0 Å². The van der Waals surface area contributed by atoms with Crippen molar-refractivity contribution in [2.24, 2.45) is 0 Å². The number of hydrogen-bond acceptors (Lipinski definition) is 6. The largest absolute Gasteiger partial charge is 0.493 e. The molecular formula is C17H16BrNO6. The molecule has 0 aromatic heterocycles. The molecular weight excluding hydrogens is 394 g/mol. The molecule has 8 heteroatoms. The van der Waals surface area contributed by atoms with Gasteiger partial charge in [0.25, 0.3) is 5.69 Å². The number of rotatable bonds is 6. The van der Waals surface area contributed by atoms with Crippen molar-refractivity contribution in [3.05, 3.63) is 61.6 Å². The number of benzene rings is 2. The van der Waals surface area contributed by atoms with E-state index in [1.54, 1.807) is 31.2 Å². The summed E-state index contributed by atoms with van der Waals surface area (Å²) in [6.45, 7) is 1.49. The van der Waals surface area contributed by atoms with E-state index in [1.807, 2.05) is 0 Å². The van der Waals surface area contributed by atoms with Crippen LogP contribution in [-0.2, 0) is 11.3 Å². The molecule has 0 radical (unpaired) electrons. The van der Waals surface area contributed by atoms with E-state index in [-0.39, 0.29) is 17.9 Å². The molecule has 0 aliphatic rings. The van der Waals surface area contributed by atoms with Crippen LogP contribution < -0.4 is 9.47 Å². The van der Waals surface area contributed by atoms with Gasteiger partial charge in [0, 0.05) is 15.6 Å². The number of nitro groups is 1. The summed E-state index contributed by atoms with van der Waals surface area (Å²) >= 11 is 3.37. The Bertz CT molecular complexity index is 821. The van der Waals surface area contributed by atoms with Gasteiger partial charge in [-0.2, -0.15) is 0 Å². The molecule has 0 spiro atoms. The monoisotopic (exact) mass is 409 g/mol. The highest BCUT2D eigenvalue weighted by molar-refractivity contribution is 9.10. The number of para-hydroxylation sites is 1. The zero-order valence-electron chi connectivity index (χ0n) is 13.9. The second-order valence-electron chi connectivity index (χ2n) is 5.10. The number of halogens is 1. The lowest BCUT2D eigenvalue weighted by Gasteiger charge is -2.12. The van der Waals surface area contributed by atoms with E-state index < -0.39 is 10.9 Å². The number of carbonyl (C=O) groups excluding carboxylic acids is 1. The predicted octanol–water partition coefficient (Wildman–Crippen LogP) is 4.04. The zero-order chi connectivity index (χ0) is 18.6. The summed E-state index contributed by atoms with van der Waals surface area (Å²) in [5.41, 5.74) is 0.702. The first-order valence-corrected chi connectivity index (χ1v) is 7.99. The summed E-state index contributed by atoms with van der Waals surface area (Å²) in [6.07, 6.45) is 0. The van der Waals surface area contributed by atoms with Crippen LogP contribution in [0.4, 0.5) is 5.69 Å². The molecule has 0 aliphatic carbocycles. The first-order chi connectivity index (χ1) is 11.9. The van der Waals surface area contributed by atoms with Crippen molar-refractivity contribution in [2.45, 2.75) is 13.5 Å². The number of ether oxygens (including phenoxy) is 3. The maximum absolute atomic E-state index is 12.3. The second kappa shape index (κ2) is 7.98. The molecule has 0 heterocycles. The van der Waals surface area contributed by atoms with Crippen molar-refractivity contribution >= 4 is 27.6 Å². The van der Waals surface area contributed by atoms with Gasteiger partial charge in [-0.1, -0.05) is 28.1 Å². The zero-order valence-corrected chi connectivity index (χ0v) is 15.5. The van der Waals surface area contributed by atoms with Gasteiger partial charge in [-0.15, -0.1) is 0 Å². The molecule has 0 aliphatic heterocycles. The van der Waals surface area contributed by atoms with E-state index in [1.165, 1.54) is 20.3 Å². The first kappa shape index (κ1) is 18.7. The van der Waals surface area contributed by atoms with Crippen LogP contribution in [0.3, 0.4) is 0 Å². The molecule has 0 amide bonds. The smallest absolute Gasteiger partial charge is 0.345 e. The molecule has 0 bridgehead atoms. The normalized spacial score (nSPS) is 10.2. The van der Waals surface area contributed by atoms with Gasteiger partial charge in [0.15, 0.2) is 11.5 Å². The summed E-state index contributed by atoms with van der Waals surface area (Å²) in [4.78, 5) is 22.9. The van der Waals surface area contributed by atoms with Gasteiger partial charge in [-0.25, -0.2) is 4.79 Å². The highest BCUT2D eigenvalue weighted by atomic mass is 79.9. The third-order valence-corrected chi connectivity index (χ3v) is 4.29. The van der Waals surface area contributed by atoms with Gasteiger partial charge in [-0.05, 0) is 25.1 Å². The predicted molar refractivity (Wildman–Crippen MR) is 94.2 cm³/mol. The number of aryl methyl sites for hydroxylation is 1. The van der Waals surface area contributed by atoms with Crippen LogP contribution in [0.2, 0.25) is 0 Å². The van der Waals surface area contributed by atoms with Gasteiger partial charge in [0.2, 0.25) is 0 Å². The molecule has 25 heavy (non-hydrogen) atoms. The maximum atomic E-state index is 12.3. The Kier molecular flexibility index (Phi) is 5.97. The summed E-state index contributed by atoms with van der Waals surface area (Å²) in [5, 5.41) is 11.2. The number of esters is 1. The number of nitrogens with zero attached hydrogens (tertiary/aromatic N) is 1. The lowest BCUT2D eigenvalue weighted by Crippen LogP contribution is -2.09. The topological polar surface area (TPSA) is 87.9 Å². The third-order valence-electron chi connectivity index (χ3n) is 3.55. The maximum Gasteiger partial charge on any atom is 0.345 e. The van der Waals surface area contributed by atoms with E-state index in [0.29, 0.717) is 27.1 Å². The van der Waals surface area contributed by atoms with Gasteiger partial charge in [-0.3, -0.25) is 10.1 Å². The van der Waals surface area contributed by atoms with Gasteiger partial charge >= 0.3 is 5.97 Å². The SMILES string of the molecule is COc1cc(Br)c(COC(=O)c2cccc(C)c2[N+](=O)[O-])cc1OC. The van der Waals surface area contributed by atoms with E-state index in [2.05, 4.69) is 15.9 Å². The van der Waals surface area contributed by atoms with Crippen LogP contribution in [0.1, 0.15) is 21.5 Å². The Hall–Kier alpha value is -2.61. The number of nitro benzene ring substituents is 1. The Balaban J connectivity index is 2.24. The first-order valence-electron chi connectivity index (χ1n) is 7.20. The third kappa shape index (κ3) is 4.08. The number of hydrogen-bond donors (Lipinski definition) is 0. The molecule has 132 valence electrons. The van der Waals surface area contributed by atoms with Crippen LogP contribution in [0.15, 0.2) is 34.8 Å². The van der Waals surface area contributed by atoms with E-state index >= 15 is 0 Å². The van der Waals surface area contributed by atoms with Gasteiger partial charge in [0.05, 0.1) is 19.1 Å². The molecule has 2 aromatic carbocycles. The fourth-order valence-electron chi connectivity index (χ4n) is 2.29. The lowest BCUT2D eigenvalue weighted by molar-refractivity contribution is -0.385. The molecule has 0 saturated carbocycles. The Morgan fingerprint density at radius 2 is 1.84 bits per heavy atom. The fraction of sp³-hybridized carbons (Fsp3) is 0.235. The highest BCUT2D eigenvalue weighted by Crippen LogP contribution is 2.34. The molecule has 2 aromatic rings. The van der Waals surface area contributed by atoms with Crippen molar-refractivity contribution < 1.29 is 23.9 Å². The van der Waals surface area contributed by atoms with Gasteiger partial charge < -0.3 is 14.2 Å². The summed E-state index contributed by atoms with van der Waals surface area (Å²) in [6, 6.07) is 7.88. The van der Waals surface area contributed by atoms with Crippen molar-refractivity contribution in [1.29, 1.82) is 0 Å². The molecule has 0 saturated heterocycles. The van der Waals surface area contributed by atoms with Crippen molar-refractivity contribution in [3.63, 3.8) is 0 Å². The van der Waals surface area contributed by atoms with Gasteiger partial charge in [0.1, 0.15) is 12.2 Å². The summed E-state index contributed by atoms with van der Waals surface area (Å²) in [7, 11) is 3.01. The van der Waals surface area contributed by atoms with E-state index in [9.17, 15) is 14.9 Å².